The zero-order valence-electron chi connectivity index (χ0n) is 18.8. The standard InChI is InChI=1S/C24H33N5O2/c1-4-17-5-6-20(27-23(17)30)18-9-12-29(15-18)19-10-13-28(14-11-19)22-8-7-21(24(31)25-3)26-16(22)2/h5-8,18-19H,4,9-15H2,1-3H3,(H,25,31)(H,27,30). The van der Waals surface area contributed by atoms with E-state index in [1.807, 2.05) is 32.0 Å². The summed E-state index contributed by atoms with van der Waals surface area (Å²) < 4.78 is 0. The molecule has 166 valence electrons. The summed E-state index contributed by atoms with van der Waals surface area (Å²) in [6.45, 7) is 8.10. The van der Waals surface area contributed by atoms with Crippen LogP contribution in [0, 0.1) is 6.92 Å². The number of likely N-dealkylation sites (tertiary alicyclic amines) is 1. The quantitative estimate of drug-likeness (QED) is 0.772. The van der Waals surface area contributed by atoms with Gasteiger partial charge in [-0.05, 0) is 57.4 Å². The third-order valence-corrected chi connectivity index (χ3v) is 6.89. The van der Waals surface area contributed by atoms with E-state index in [1.165, 1.54) is 0 Å². The molecule has 1 amide bonds. The van der Waals surface area contributed by atoms with Crippen molar-refractivity contribution in [3.63, 3.8) is 0 Å². The predicted octanol–water partition coefficient (Wildman–Crippen LogP) is 2.46. The summed E-state index contributed by atoms with van der Waals surface area (Å²) in [4.78, 5) is 36.6. The molecule has 2 aliphatic heterocycles. The molecule has 2 aromatic heterocycles. The minimum Gasteiger partial charge on any atom is -0.370 e. The van der Waals surface area contributed by atoms with Crippen LogP contribution >= 0.6 is 0 Å². The number of piperidine rings is 1. The Hall–Kier alpha value is -2.67. The van der Waals surface area contributed by atoms with Gasteiger partial charge in [0.05, 0.1) is 11.4 Å². The van der Waals surface area contributed by atoms with Gasteiger partial charge in [-0.3, -0.25) is 14.5 Å². The van der Waals surface area contributed by atoms with Crippen molar-refractivity contribution in [2.75, 3.05) is 38.1 Å². The second kappa shape index (κ2) is 9.22. The minimum atomic E-state index is -0.150. The van der Waals surface area contributed by atoms with Gasteiger partial charge in [0, 0.05) is 49.9 Å². The molecule has 7 nitrogen and oxygen atoms in total. The molecule has 7 heteroatoms. The fourth-order valence-corrected chi connectivity index (χ4v) is 5.02. The van der Waals surface area contributed by atoms with Gasteiger partial charge in [0.2, 0.25) is 0 Å². The molecule has 2 N–H and O–H groups in total. The first kappa shape index (κ1) is 21.6. The fourth-order valence-electron chi connectivity index (χ4n) is 5.02. The number of aromatic amines is 1. The summed E-state index contributed by atoms with van der Waals surface area (Å²) in [5.74, 6) is 0.267. The van der Waals surface area contributed by atoms with Gasteiger partial charge in [-0.1, -0.05) is 13.0 Å². The number of carbonyl (C=O) groups excluding carboxylic acids is 1. The number of aromatic nitrogens is 2. The number of carbonyl (C=O) groups is 1. The molecule has 0 spiro atoms. The molecular formula is C24H33N5O2. The maximum Gasteiger partial charge on any atom is 0.269 e. The van der Waals surface area contributed by atoms with Crippen LogP contribution in [0.15, 0.2) is 29.1 Å². The van der Waals surface area contributed by atoms with E-state index in [9.17, 15) is 9.59 Å². The molecule has 4 heterocycles. The second-order valence-electron chi connectivity index (χ2n) is 8.70. The van der Waals surface area contributed by atoms with Crippen molar-refractivity contribution in [2.24, 2.45) is 0 Å². The van der Waals surface area contributed by atoms with E-state index in [1.54, 1.807) is 7.05 Å². The number of rotatable bonds is 5. The first-order valence-electron chi connectivity index (χ1n) is 11.4. The number of pyridine rings is 2. The number of nitrogens with one attached hydrogen (secondary N) is 2. The predicted molar refractivity (Wildman–Crippen MR) is 123 cm³/mol. The third-order valence-electron chi connectivity index (χ3n) is 6.89. The monoisotopic (exact) mass is 423 g/mol. The molecule has 0 aromatic carbocycles. The first-order valence-corrected chi connectivity index (χ1v) is 11.4. The summed E-state index contributed by atoms with van der Waals surface area (Å²) in [5, 5.41) is 2.63. The summed E-state index contributed by atoms with van der Waals surface area (Å²) >= 11 is 0. The molecule has 2 fully saturated rings. The van der Waals surface area contributed by atoms with Crippen LogP contribution in [0.3, 0.4) is 0 Å². The summed E-state index contributed by atoms with van der Waals surface area (Å²) in [6, 6.07) is 8.51. The Kier molecular flexibility index (Phi) is 6.41. The number of amides is 1. The van der Waals surface area contributed by atoms with Crippen molar-refractivity contribution >= 4 is 11.6 Å². The van der Waals surface area contributed by atoms with Crippen molar-refractivity contribution in [3.05, 3.63) is 57.3 Å². The van der Waals surface area contributed by atoms with E-state index in [0.29, 0.717) is 17.7 Å². The highest BCUT2D eigenvalue weighted by atomic mass is 16.1. The highest BCUT2D eigenvalue weighted by Gasteiger charge is 2.32. The molecular weight excluding hydrogens is 390 g/mol. The molecule has 1 atom stereocenters. The summed E-state index contributed by atoms with van der Waals surface area (Å²) in [5.41, 5.74) is 4.50. The molecule has 31 heavy (non-hydrogen) atoms. The molecule has 0 aliphatic carbocycles. The van der Waals surface area contributed by atoms with E-state index in [4.69, 9.17) is 0 Å². The normalized spacial score (nSPS) is 20.2. The van der Waals surface area contributed by atoms with E-state index >= 15 is 0 Å². The summed E-state index contributed by atoms with van der Waals surface area (Å²) in [7, 11) is 1.62. The number of nitrogens with zero attached hydrogens (tertiary/aromatic N) is 3. The molecule has 0 radical (unpaired) electrons. The minimum absolute atomic E-state index is 0.0678. The highest BCUT2D eigenvalue weighted by Crippen LogP contribution is 2.31. The molecule has 1 unspecified atom stereocenters. The van der Waals surface area contributed by atoms with Crippen LogP contribution in [0.5, 0.6) is 0 Å². The van der Waals surface area contributed by atoms with Crippen LogP contribution in [0.25, 0.3) is 0 Å². The maximum atomic E-state index is 12.2. The average Bonchev–Trinajstić information content (AvgIpc) is 3.29. The lowest BCUT2D eigenvalue weighted by atomic mass is 10.0. The van der Waals surface area contributed by atoms with Crippen LogP contribution < -0.4 is 15.8 Å². The third kappa shape index (κ3) is 4.51. The van der Waals surface area contributed by atoms with Gasteiger partial charge < -0.3 is 15.2 Å². The summed E-state index contributed by atoms with van der Waals surface area (Å²) in [6.07, 6.45) is 4.11. The zero-order chi connectivity index (χ0) is 22.0. The Morgan fingerprint density at radius 3 is 2.58 bits per heavy atom. The maximum absolute atomic E-state index is 12.2. The van der Waals surface area contributed by atoms with E-state index in [2.05, 4.69) is 31.2 Å². The van der Waals surface area contributed by atoms with Crippen LogP contribution in [0.2, 0.25) is 0 Å². The van der Waals surface area contributed by atoms with Crippen molar-refractivity contribution in [3.8, 4) is 0 Å². The Bertz CT molecular complexity index is 994. The molecule has 2 saturated heterocycles. The first-order chi connectivity index (χ1) is 15.0. The van der Waals surface area contributed by atoms with Gasteiger partial charge >= 0.3 is 0 Å². The largest absolute Gasteiger partial charge is 0.370 e. The van der Waals surface area contributed by atoms with E-state index < -0.39 is 0 Å². The highest BCUT2D eigenvalue weighted by molar-refractivity contribution is 5.92. The lowest BCUT2D eigenvalue weighted by Gasteiger charge is -2.38. The van der Waals surface area contributed by atoms with Gasteiger partial charge in [0.25, 0.3) is 11.5 Å². The van der Waals surface area contributed by atoms with Gasteiger partial charge in [-0.25, -0.2) is 4.98 Å². The van der Waals surface area contributed by atoms with Crippen molar-refractivity contribution in [2.45, 2.75) is 51.5 Å². The molecule has 4 rings (SSSR count). The van der Waals surface area contributed by atoms with Crippen molar-refractivity contribution < 1.29 is 4.79 Å². The smallest absolute Gasteiger partial charge is 0.269 e. The number of H-pyrrole nitrogens is 1. The molecule has 2 aliphatic rings. The topological polar surface area (TPSA) is 81.3 Å². The Labute approximate surface area is 183 Å². The number of hydrogen-bond acceptors (Lipinski definition) is 5. The van der Waals surface area contributed by atoms with Gasteiger partial charge in [0.15, 0.2) is 0 Å². The number of hydrogen-bond donors (Lipinski definition) is 2. The second-order valence-corrected chi connectivity index (χ2v) is 8.70. The SMILES string of the molecule is CCc1ccc(C2CCN(C3CCN(c4ccc(C(=O)NC)nc4C)CC3)C2)[nH]c1=O. The van der Waals surface area contributed by atoms with Gasteiger partial charge in [-0.15, -0.1) is 0 Å². The number of aryl methyl sites for hydroxylation is 2. The van der Waals surface area contributed by atoms with Crippen LogP contribution in [-0.2, 0) is 6.42 Å². The van der Waals surface area contributed by atoms with E-state index in [0.717, 1.165) is 74.5 Å². The van der Waals surface area contributed by atoms with Crippen LogP contribution in [0.4, 0.5) is 5.69 Å². The lowest BCUT2D eigenvalue weighted by molar-refractivity contribution is 0.0958. The Balaban J connectivity index is 1.35. The van der Waals surface area contributed by atoms with Crippen molar-refractivity contribution in [1.82, 2.24) is 20.2 Å². The molecule has 0 saturated carbocycles. The fraction of sp³-hybridized carbons (Fsp3) is 0.542. The Morgan fingerprint density at radius 1 is 1.16 bits per heavy atom. The zero-order valence-corrected chi connectivity index (χ0v) is 18.8. The van der Waals surface area contributed by atoms with Gasteiger partial charge in [-0.2, -0.15) is 0 Å². The van der Waals surface area contributed by atoms with Crippen LogP contribution in [-0.4, -0.2) is 60.0 Å². The van der Waals surface area contributed by atoms with Crippen LogP contribution in [0.1, 0.15) is 59.5 Å². The molecule has 2 aromatic rings. The van der Waals surface area contributed by atoms with Crippen molar-refractivity contribution in [1.29, 1.82) is 0 Å². The number of anilines is 1. The average molecular weight is 424 g/mol. The molecule has 0 bridgehead atoms. The Morgan fingerprint density at radius 2 is 1.94 bits per heavy atom. The van der Waals surface area contributed by atoms with Gasteiger partial charge in [0.1, 0.15) is 5.69 Å². The van der Waals surface area contributed by atoms with E-state index in [-0.39, 0.29) is 11.5 Å². The lowest BCUT2D eigenvalue weighted by Crippen LogP contribution is -2.44.